The fourth-order valence-electron chi connectivity index (χ4n) is 4.05. The van der Waals surface area contributed by atoms with Crippen molar-refractivity contribution in [3.05, 3.63) is 36.4 Å². The molecule has 26 heavy (non-hydrogen) atoms. The van der Waals surface area contributed by atoms with Crippen molar-refractivity contribution in [3.63, 3.8) is 0 Å². The maximum atomic E-state index is 12.9. The first kappa shape index (κ1) is 17.3. The number of nitrogens with zero attached hydrogens (tertiary/aromatic N) is 2. The number of hydrogen-bond donors (Lipinski definition) is 0. The van der Waals surface area contributed by atoms with Crippen LogP contribution in [0.15, 0.2) is 41.3 Å². The van der Waals surface area contributed by atoms with Gasteiger partial charge in [0, 0.05) is 31.4 Å². The molecule has 0 bridgehead atoms. The molecule has 1 amide bonds. The molecular formula is C20H24N2O3S. The summed E-state index contributed by atoms with van der Waals surface area (Å²) in [6, 6.07) is 11.1. The standard InChI is InChI=1S/C20H24N2O3S/c23-19(21-13-3-1-2-4-14-21)12-7-15-22-17-10-5-8-16-9-6-11-18(20(16)17)26(22,24)25/h5-6,8-11H,1-4,7,12-15H2. The number of anilines is 1. The predicted molar refractivity (Wildman–Crippen MR) is 103 cm³/mol. The molecule has 2 aliphatic heterocycles. The van der Waals surface area contributed by atoms with Crippen LogP contribution in [0.5, 0.6) is 0 Å². The molecule has 138 valence electrons. The second-order valence-electron chi connectivity index (χ2n) is 7.11. The Morgan fingerprint density at radius 2 is 1.65 bits per heavy atom. The van der Waals surface area contributed by atoms with Gasteiger partial charge in [-0.15, -0.1) is 0 Å². The van der Waals surface area contributed by atoms with E-state index in [4.69, 9.17) is 0 Å². The average molecular weight is 372 g/mol. The van der Waals surface area contributed by atoms with Crippen molar-refractivity contribution in [2.24, 2.45) is 0 Å². The van der Waals surface area contributed by atoms with E-state index in [0.29, 0.717) is 24.3 Å². The van der Waals surface area contributed by atoms with Gasteiger partial charge in [-0.2, -0.15) is 0 Å². The molecule has 0 aromatic heterocycles. The highest BCUT2D eigenvalue weighted by Gasteiger charge is 2.35. The Balaban J connectivity index is 1.48. The highest BCUT2D eigenvalue weighted by Crippen LogP contribution is 2.41. The van der Waals surface area contributed by atoms with E-state index in [1.807, 2.05) is 29.2 Å². The van der Waals surface area contributed by atoms with Crippen LogP contribution in [0.25, 0.3) is 10.8 Å². The lowest BCUT2D eigenvalue weighted by Crippen LogP contribution is -2.33. The van der Waals surface area contributed by atoms with Crippen LogP contribution in [0, 0.1) is 0 Å². The molecule has 1 saturated heterocycles. The van der Waals surface area contributed by atoms with Crippen molar-refractivity contribution < 1.29 is 13.2 Å². The average Bonchev–Trinajstić information content (AvgIpc) is 2.83. The molecular weight excluding hydrogens is 348 g/mol. The number of sulfonamides is 1. The van der Waals surface area contributed by atoms with Gasteiger partial charge >= 0.3 is 0 Å². The van der Waals surface area contributed by atoms with Crippen molar-refractivity contribution in [1.82, 2.24) is 4.90 Å². The molecule has 5 nitrogen and oxygen atoms in total. The van der Waals surface area contributed by atoms with Crippen LogP contribution in [0.1, 0.15) is 38.5 Å². The predicted octanol–water partition coefficient (Wildman–Crippen LogP) is 3.53. The van der Waals surface area contributed by atoms with Crippen LogP contribution in [0.3, 0.4) is 0 Å². The van der Waals surface area contributed by atoms with Crippen LogP contribution in [-0.2, 0) is 14.8 Å². The fraction of sp³-hybridized carbons (Fsp3) is 0.450. The largest absolute Gasteiger partial charge is 0.343 e. The Hall–Kier alpha value is -2.08. The Morgan fingerprint density at radius 1 is 0.962 bits per heavy atom. The molecule has 2 heterocycles. The summed E-state index contributed by atoms with van der Waals surface area (Å²) in [5.74, 6) is 0.152. The third kappa shape index (κ3) is 2.96. The van der Waals surface area contributed by atoms with Gasteiger partial charge in [-0.25, -0.2) is 8.42 Å². The summed E-state index contributed by atoms with van der Waals surface area (Å²) < 4.78 is 27.3. The second-order valence-corrected chi connectivity index (χ2v) is 8.94. The Bertz CT molecular complexity index is 926. The van der Waals surface area contributed by atoms with E-state index >= 15 is 0 Å². The molecule has 2 aromatic rings. The number of benzene rings is 2. The topological polar surface area (TPSA) is 57.7 Å². The van der Waals surface area contributed by atoms with Crippen molar-refractivity contribution in [2.75, 3.05) is 23.9 Å². The first-order valence-corrected chi connectivity index (χ1v) is 10.9. The van der Waals surface area contributed by atoms with Gasteiger partial charge in [0.05, 0.1) is 10.6 Å². The Kier molecular flexibility index (Phi) is 4.61. The minimum atomic E-state index is -3.52. The lowest BCUT2D eigenvalue weighted by molar-refractivity contribution is -0.131. The smallest absolute Gasteiger partial charge is 0.265 e. The van der Waals surface area contributed by atoms with E-state index in [-0.39, 0.29) is 5.91 Å². The van der Waals surface area contributed by atoms with E-state index < -0.39 is 10.0 Å². The Morgan fingerprint density at radius 3 is 2.38 bits per heavy atom. The number of hydrogen-bond acceptors (Lipinski definition) is 3. The normalized spacial score (nSPS) is 18.9. The van der Waals surface area contributed by atoms with Crippen LogP contribution in [0.2, 0.25) is 0 Å². The summed E-state index contributed by atoms with van der Waals surface area (Å²) >= 11 is 0. The molecule has 1 fully saturated rings. The summed E-state index contributed by atoms with van der Waals surface area (Å²) in [4.78, 5) is 14.8. The maximum Gasteiger partial charge on any atom is 0.265 e. The van der Waals surface area contributed by atoms with E-state index in [9.17, 15) is 13.2 Å². The van der Waals surface area contributed by atoms with Crippen LogP contribution in [-0.4, -0.2) is 38.9 Å². The highest BCUT2D eigenvalue weighted by atomic mass is 32.2. The zero-order valence-corrected chi connectivity index (χ0v) is 15.7. The molecule has 6 heteroatoms. The summed E-state index contributed by atoms with van der Waals surface area (Å²) in [5, 5.41) is 1.74. The van der Waals surface area contributed by atoms with Crippen LogP contribution >= 0.6 is 0 Å². The molecule has 2 aliphatic rings. The van der Waals surface area contributed by atoms with Gasteiger partial charge in [-0.1, -0.05) is 37.1 Å². The number of likely N-dealkylation sites (tertiary alicyclic amines) is 1. The fourth-order valence-corrected chi connectivity index (χ4v) is 5.80. The number of carbonyl (C=O) groups excluding carboxylic acids is 1. The third-order valence-corrected chi connectivity index (χ3v) is 7.25. The van der Waals surface area contributed by atoms with E-state index in [2.05, 4.69) is 0 Å². The maximum absolute atomic E-state index is 12.9. The molecule has 0 saturated carbocycles. The number of rotatable bonds is 4. The van der Waals surface area contributed by atoms with Gasteiger partial charge in [0.25, 0.3) is 10.0 Å². The van der Waals surface area contributed by atoms with Crippen LogP contribution < -0.4 is 4.31 Å². The van der Waals surface area contributed by atoms with Gasteiger partial charge in [-0.05, 0) is 36.8 Å². The van der Waals surface area contributed by atoms with Gasteiger partial charge in [0.15, 0.2) is 0 Å². The van der Waals surface area contributed by atoms with Crippen molar-refractivity contribution in [3.8, 4) is 0 Å². The quantitative estimate of drug-likeness (QED) is 0.825. The van der Waals surface area contributed by atoms with E-state index in [1.165, 1.54) is 17.1 Å². The molecule has 0 N–H and O–H groups in total. The summed E-state index contributed by atoms with van der Waals surface area (Å²) in [6.07, 6.45) is 5.47. The molecule has 2 aromatic carbocycles. The van der Waals surface area contributed by atoms with Gasteiger partial charge in [0.2, 0.25) is 5.91 Å². The zero-order valence-electron chi connectivity index (χ0n) is 14.9. The van der Waals surface area contributed by atoms with Gasteiger partial charge in [0.1, 0.15) is 0 Å². The highest BCUT2D eigenvalue weighted by molar-refractivity contribution is 7.93. The van der Waals surface area contributed by atoms with Crippen LogP contribution in [0.4, 0.5) is 5.69 Å². The number of amides is 1. The monoisotopic (exact) mass is 372 g/mol. The van der Waals surface area contributed by atoms with E-state index in [0.717, 1.165) is 42.4 Å². The summed E-state index contributed by atoms with van der Waals surface area (Å²) in [7, 11) is -3.52. The van der Waals surface area contributed by atoms with E-state index in [1.54, 1.807) is 12.1 Å². The third-order valence-electron chi connectivity index (χ3n) is 5.39. The zero-order chi connectivity index (χ0) is 18.1. The lowest BCUT2D eigenvalue weighted by atomic mass is 10.1. The molecule has 0 aliphatic carbocycles. The van der Waals surface area contributed by atoms with Gasteiger partial charge in [-0.3, -0.25) is 9.10 Å². The molecule has 4 rings (SSSR count). The van der Waals surface area contributed by atoms with Crippen molar-refractivity contribution in [1.29, 1.82) is 0 Å². The first-order valence-electron chi connectivity index (χ1n) is 9.41. The summed E-state index contributed by atoms with van der Waals surface area (Å²) in [6.45, 7) is 2.02. The lowest BCUT2D eigenvalue weighted by Gasteiger charge is -2.22. The van der Waals surface area contributed by atoms with Crippen molar-refractivity contribution in [2.45, 2.75) is 43.4 Å². The number of carbonyl (C=O) groups is 1. The summed E-state index contributed by atoms with van der Waals surface area (Å²) in [5.41, 5.74) is 0.736. The van der Waals surface area contributed by atoms with Gasteiger partial charge < -0.3 is 4.90 Å². The first-order chi connectivity index (χ1) is 12.6. The second kappa shape index (κ2) is 6.91. The molecule has 0 radical (unpaired) electrons. The molecule has 0 atom stereocenters. The Labute approximate surface area is 154 Å². The minimum Gasteiger partial charge on any atom is -0.343 e. The molecule has 0 unspecified atom stereocenters. The van der Waals surface area contributed by atoms with Crippen molar-refractivity contribution >= 4 is 32.4 Å². The molecule has 0 spiro atoms. The minimum absolute atomic E-state index is 0.152. The SMILES string of the molecule is O=C(CCCN1c2cccc3cccc(c23)S1(=O)=O)N1CCCCCC1.